The topological polar surface area (TPSA) is 139 Å². The van der Waals surface area contributed by atoms with Crippen LogP contribution in [0.5, 0.6) is 0 Å². The zero-order valence-electron chi connectivity index (χ0n) is 19.7. The van der Waals surface area contributed by atoms with Crippen LogP contribution in [0.1, 0.15) is 51.5 Å². The Labute approximate surface area is 194 Å². The van der Waals surface area contributed by atoms with Crippen LogP contribution in [0.3, 0.4) is 0 Å². The summed E-state index contributed by atoms with van der Waals surface area (Å²) in [7, 11) is 1.71. The van der Waals surface area contributed by atoms with E-state index >= 15 is 0 Å². The van der Waals surface area contributed by atoms with Crippen molar-refractivity contribution in [3.8, 4) is 0 Å². The van der Waals surface area contributed by atoms with Crippen molar-refractivity contribution in [1.29, 1.82) is 0 Å². The van der Waals surface area contributed by atoms with Crippen LogP contribution in [0.15, 0.2) is 24.3 Å². The summed E-state index contributed by atoms with van der Waals surface area (Å²) in [5.41, 5.74) is 6.29. The van der Waals surface area contributed by atoms with Crippen LogP contribution in [0.25, 0.3) is 0 Å². The first kappa shape index (κ1) is 24.7. The lowest BCUT2D eigenvalue weighted by Crippen LogP contribution is -2.52. The number of para-hydroxylation sites is 1. The van der Waals surface area contributed by atoms with Gasteiger partial charge in [0, 0.05) is 25.4 Å². The zero-order chi connectivity index (χ0) is 24.2. The van der Waals surface area contributed by atoms with Crippen molar-refractivity contribution in [3.63, 3.8) is 0 Å². The van der Waals surface area contributed by atoms with E-state index in [0.717, 1.165) is 25.7 Å². The van der Waals surface area contributed by atoms with Crippen molar-refractivity contribution in [2.75, 3.05) is 25.5 Å². The highest BCUT2D eigenvalue weighted by molar-refractivity contribution is 6.43. The van der Waals surface area contributed by atoms with E-state index in [-0.39, 0.29) is 41.6 Å². The number of hydrogen-bond acceptors (Lipinski definition) is 5. The van der Waals surface area contributed by atoms with Crippen LogP contribution < -0.4 is 21.8 Å². The van der Waals surface area contributed by atoms with Crippen molar-refractivity contribution in [2.24, 2.45) is 11.1 Å². The number of amides is 3. The average molecular weight is 459 g/mol. The summed E-state index contributed by atoms with van der Waals surface area (Å²) in [6, 6.07) is 6.44. The van der Waals surface area contributed by atoms with E-state index in [4.69, 9.17) is 15.9 Å². The summed E-state index contributed by atoms with van der Waals surface area (Å²) in [4.78, 5) is 39.2. The first-order chi connectivity index (χ1) is 15.6. The molecule has 1 heterocycles. The Kier molecular flexibility index (Phi) is 7.73. The molecule has 9 heteroatoms. The number of nitrogens with one attached hydrogen (secondary N) is 2. The summed E-state index contributed by atoms with van der Waals surface area (Å²) < 4.78 is 5.57. The Balaban J connectivity index is 1.61. The fourth-order valence-corrected chi connectivity index (χ4v) is 5.05. The maximum Gasteiger partial charge on any atom is 0.313 e. The number of anilines is 1. The normalized spacial score (nSPS) is 24.2. The predicted molar refractivity (Wildman–Crippen MR) is 125 cm³/mol. The summed E-state index contributed by atoms with van der Waals surface area (Å²) in [6.45, 7) is 4.89. The molecule has 1 aliphatic carbocycles. The number of carbonyl (C=O) groups excluding carboxylic acids is 3. The lowest BCUT2D eigenvalue weighted by molar-refractivity contribution is -0.138. The quantitative estimate of drug-likeness (QED) is 0.401. The van der Waals surface area contributed by atoms with Crippen LogP contribution in [-0.2, 0) is 19.1 Å². The van der Waals surface area contributed by atoms with Crippen LogP contribution in [0.2, 0.25) is 0 Å². The number of hydrogen-bond donors (Lipinski definition) is 4. The molecule has 2 unspecified atom stereocenters. The Bertz CT molecular complexity index is 916. The molecular formula is C24H36N5O4+. The lowest BCUT2D eigenvalue weighted by Gasteiger charge is -2.40. The van der Waals surface area contributed by atoms with E-state index in [0.29, 0.717) is 24.2 Å². The second-order valence-electron chi connectivity index (χ2n) is 9.79. The van der Waals surface area contributed by atoms with Gasteiger partial charge in [-0.15, -0.1) is 0 Å². The maximum atomic E-state index is 13.1. The minimum Gasteiger partial charge on any atom is -0.381 e. The van der Waals surface area contributed by atoms with Gasteiger partial charge in [0.2, 0.25) is 11.8 Å². The Morgan fingerprint density at radius 1 is 1.24 bits per heavy atom. The number of ether oxygens (including phenoxy) is 1. The molecule has 2 fully saturated rings. The van der Waals surface area contributed by atoms with E-state index in [9.17, 15) is 14.4 Å². The van der Waals surface area contributed by atoms with Crippen molar-refractivity contribution >= 4 is 29.1 Å². The fraction of sp³-hybridized carbons (Fsp3) is 0.583. The molecule has 1 aromatic rings. The third-order valence-electron chi connectivity index (χ3n) is 6.59. The van der Waals surface area contributed by atoms with Crippen LogP contribution in [0, 0.1) is 5.41 Å². The van der Waals surface area contributed by atoms with Gasteiger partial charge in [-0.1, -0.05) is 26.0 Å². The number of nitrogens with two attached hydrogens (primary N) is 2. The highest BCUT2D eigenvalue weighted by Gasteiger charge is 2.38. The number of likely N-dealkylation sites (tertiary alicyclic amines) is 1. The molecule has 1 saturated carbocycles. The number of rotatable bonds is 8. The average Bonchev–Trinajstić information content (AvgIpc) is 3.26. The van der Waals surface area contributed by atoms with E-state index < -0.39 is 11.9 Å². The third-order valence-corrected chi connectivity index (χ3v) is 6.59. The predicted octanol–water partition coefficient (Wildman–Crippen LogP) is -0.167. The molecule has 1 saturated heterocycles. The standard InChI is InChI=1S/C24H35N5O4/c1-24(2)12-15(11-16(13-24)33-3)28-23(32)19-9-6-10-29(19)20(30)14-27-18-8-5-4-7-17(18)21(25)22(26)31/h4-5,7-8,15-16,19,25,27H,6,9-14H2,1-3H3,(H2,26,31)(H,28,32)/p+1/t15?,16?,19-/m0/s1. The summed E-state index contributed by atoms with van der Waals surface area (Å²) in [6.07, 6.45) is 4.17. The molecule has 6 N–H and O–H groups in total. The number of benzene rings is 1. The number of primary amides is 1. The van der Waals surface area contributed by atoms with E-state index in [1.165, 1.54) is 0 Å². The van der Waals surface area contributed by atoms with Gasteiger partial charge >= 0.3 is 5.91 Å². The first-order valence-corrected chi connectivity index (χ1v) is 11.5. The van der Waals surface area contributed by atoms with Gasteiger partial charge in [-0.3, -0.25) is 14.4 Å². The molecule has 0 spiro atoms. The maximum absolute atomic E-state index is 13.1. The highest BCUT2D eigenvalue weighted by atomic mass is 16.5. The van der Waals surface area contributed by atoms with Crippen LogP contribution >= 0.6 is 0 Å². The van der Waals surface area contributed by atoms with Crippen molar-refractivity contribution in [2.45, 2.75) is 64.1 Å². The fourth-order valence-electron chi connectivity index (χ4n) is 5.05. The van der Waals surface area contributed by atoms with Crippen LogP contribution in [-0.4, -0.2) is 66.7 Å². The van der Waals surface area contributed by atoms with Crippen LogP contribution in [0.4, 0.5) is 5.69 Å². The van der Waals surface area contributed by atoms with E-state index in [1.54, 1.807) is 36.3 Å². The number of methoxy groups -OCH3 is 1. The molecule has 0 bridgehead atoms. The molecule has 0 radical (unpaired) electrons. The Hall–Kier alpha value is -2.94. The monoisotopic (exact) mass is 458 g/mol. The minimum absolute atomic E-state index is 0.0188. The van der Waals surface area contributed by atoms with Gasteiger partial charge in [0.15, 0.2) is 0 Å². The SMILES string of the molecule is COC1CC(NC(=O)[C@@H]2CCCN2C(=O)CNc2ccccc2C(=[NH2+])C(N)=O)CC(C)(C)C1. The Morgan fingerprint density at radius 2 is 1.97 bits per heavy atom. The molecule has 0 aromatic heterocycles. The van der Waals surface area contributed by atoms with E-state index in [1.807, 2.05) is 0 Å². The largest absolute Gasteiger partial charge is 0.381 e. The zero-order valence-corrected chi connectivity index (χ0v) is 19.7. The van der Waals surface area contributed by atoms with Crippen molar-refractivity contribution in [1.82, 2.24) is 10.2 Å². The molecule has 180 valence electrons. The third kappa shape index (κ3) is 6.10. The minimum atomic E-state index is -0.728. The molecule has 2 aliphatic rings. The molecule has 1 aromatic carbocycles. The second-order valence-corrected chi connectivity index (χ2v) is 9.79. The van der Waals surface area contributed by atoms with Gasteiger partial charge in [0.1, 0.15) is 6.04 Å². The first-order valence-electron chi connectivity index (χ1n) is 11.5. The van der Waals surface area contributed by atoms with Crippen molar-refractivity contribution in [3.05, 3.63) is 29.8 Å². The van der Waals surface area contributed by atoms with Gasteiger partial charge in [-0.2, -0.15) is 0 Å². The lowest BCUT2D eigenvalue weighted by atomic mass is 9.73. The molecular weight excluding hydrogens is 422 g/mol. The van der Waals surface area contributed by atoms with Gasteiger partial charge in [-0.25, -0.2) is 5.41 Å². The number of carbonyl (C=O) groups is 3. The van der Waals surface area contributed by atoms with Gasteiger partial charge < -0.3 is 26.0 Å². The molecule has 33 heavy (non-hydrogen) atoms. The van der Waals surface area contributed by atoms with E-state index in [2.05, 4.69) is 24.5 Å². The summed E-state index contributed by atoms with van der Waals surface area (Å²) >= 11 is 0. The van der Waals surface area contributed by atoms with Crippen molar-refractivity contribution < 1.29 is 24.5 Å². The Morgan fingerprint density at radius 3 is 2.67 bits per heavy atom. The highest BCUT2D eigenvalue weighted by Crippen LogP contribution is 2.36. The second kappa shape index (κ2) is 10.3. The number of nitrogens with zero attached hydrogens (tertiary/aromatic N) is 1. The van der Waals surface area contributed by atoms with Gasteiger partial charge in [-0.05, 0) is 49.7 Å². The van der Waals surface area contributed by atoms with Gasteiger partial charge in [0.05, 0.1) is 18.2 Å². The smallest absolute Gasteiger partial charge is 0.313 e. The molecule has 3 rings (SSSR count). The molecule has 9 nitrogen and oxygen atoms in total. The van der Waals surface area contributed by atoms with Gasteiger partial charge in [0.25, 0.3) is 5.71 Å². The molecule has 3 amide bonds. The summed E-state index contributed by atoms with van der Waals surface area (Å²) in [5.74, 6) is -1.02. The summed E-state index contributed by atoms with van der Waals surface area (Å²) in [5, 5.41) is 12.0. The molecule has 1 aliphatic heterocycles. The molecule has 3 atom stereocenters.